The highest BCUT2D eigenvalue weighted by atomic mass is 15.1. The molecule has 1 aromatic carbocycles. The average Bonchev–Trinajstić information content (AvgIpc) is 2.97. The van der Waals surface area contributed by atoms with Crippen LogP contribution in [0, 0.1) is 11.8 Å². The monoisotopic (exact) mass is 232 g/mol. The lowest BCUT2D eigenvalue weighted by Gasteiger charge is -2.16. The van der Waals surface area contributed by atoms with Crippen molar-refractivity contribution in [2.24, 2.45) is 11.8 Å². The van der Waals surface area contributed by atoms with Crippen molar-refractivity contribution < 1.29 is 0 Å². The summed E-state index contributed by atoms with van der Waals surface area (Å²) in [6.07, 6.45) is 3.72. The van der Waals surface area contributed by atoms with Gasteiger partial charge in [-0.2, -0.15) is 0 Å². The Morgan fingerprint density at radius 3 is 2.71 bits per heavy atom. The molecule has 1 aliphatic rings. The van der Waals surface area contributed by atoms with Crippen LogP contribution >= 0.6 is 0 Å². The van der Waals surface area contributed by atoms with Gasteiger partial charge in [-0.3, -0.25) is 0 Å². The molecular formula is C15H24N2. The van der Waals surface area contributed by atoms with Crippen molar-refractivity contribution >= 4 is 5.69 Å². The van der Waals surface area contributed by atoms with E-state index in [1.54, 1.807) is 0 Å². The largest absolute Gasteiger partial charge is 0.399 e. The Balaban J connectivity index is 1.67. The van der Waals surface area contributed by atoms with Gasteiger partial charge in [0.2, 0.25) is 0 Å². The van der Waals surface area contributed by atoms with Crippen LogP contribution in [0.2, 0.25) is 0 Å². The van der Waals surface area contributed by atoms with Gasteiger partial charge < -0.3 is 10.6 Å². The fourth-order valence-electron chi connectivity index (χ4n) is 2.45. The van der Waals surface area contributed by atoms with E-state index >= 15 is 0 Å². The molecule has 0 radical (unpaired) electrons. The highest BCUT2D eigenvalue weighted by Crippen LogP contribution is 2.37. The third-order valence-corrected chi connectivity index (χ3v) is 3.86. The number of aryl methyl sites for hydroxylation is 1. The second-order valence-corrected chi connectivity index (χ2v) is 5.54. The Kier molecular flexibility index (Phi) is 4.06. The van der Waals surface area contributed by atoms with Crippen LogP contribution in [0.4, 0.5) is 5.69 Å². The van der Waals surface area contributed by atoms with Crippen molar-refractivity contribution in [3.63, 3.8) is 0 Å². The Morgan fingerprint density at radius 2 is 2.06 bits per heavy atom. The first-order valence-electron chi connectivity index (χ1n) is 6.68. The first-order chi connectivity index (χ1) is 8.16. The maximum Gasteiger partial charge on any atom is 0.0346 e. The minimum Gasteiger partial charge on any atom is -0.399 e. The first-order valence-corrected chi connectivity index (χ1v) is 6.68. The summed E-state index contributed by atoms with van der Waals surface area (Å²) in [5, 5.41) is 0. The highest BCUT2D eigenvalue weighted by Gasteiger charge is 2.32. The van der Waals surface area contributed by atoms with Crippen molar-refractivity contribution in [3.05, 3.63) is 29.8 Å². The maximum atomic E-state index is 5.93. The van der Waals surface area contributed by atoms with E-state index in [0.29, 0.717) is 0 Å². The van der Waals surface area contributed by atoms with Gasteiger partial charge in [0.25, 0.3) is 0 Å². The smallest absolute Gasteiger partial charge is 0.0346 e. The summed E-state index contributed by atoms with van der Waals surface area (Å²) >= 11 is 0. The Labute approximate surface area is 105 Å². The average molecular weight is 232 g/mol. The zero-order valence-electron chi connectivity index (χ0n) is 11.0. The molecule has 0 aliphatic heterocycles. The second kappa shape index (κ2) is 5.54. The lowest BCUT2D eigenvalue weighted by atomic mass is 10.1. The number of anilines is 1. The van der Waals surface area contributed by atoms with Gasteiger partial charge in [0.1, 0.15) is 0 Å². The number of nitrogen functional groups attached to an aromatic ring is 1. The molecule has 2 atom stereocenters. The fourth-order valence-corrected chi connectivity index (χ4v) is 2.45. The van der Waals surface area contributed by atoms with Crippen LogP contribution in [0.25, 0.3) is 0 Å². The van der Waals surface area contributed by atoms with Gasteiger partial charge in [-0.1, -0.05) is 25.1 Å². The van der Waals surface area contributed by atoms with E-state index < -0.39 is 0 Å². The first kappa shape index (κ1) is 12.4. The molecule has 1 fully saturated rings. The van der Waals surface area contributed by atoms with Gasteiger partial charge in [0.05, 0.1) is 0 Å². The van der Waals surface area contributed by atoms with Gasteiger partial charge in [-0.05, 0) is 56.3 Å². The summed E-state index contributed by atoms with van der Waals surface area (Å²) in [5.74, 6) is 1.92. The van der Waals surface area contributed by atoms with E-state index in [-0.39, 0.29) is 0 Å². The molecule has 17 heavy (non-hydrogen) atoms. The van der Waals surface area contributed by atoms with E-state index in [2.05, 4.69) is 31.0 Å². The Bertz CT molecular complexity index is 362. The van der Waals surface area contributed by atoms with E-state index in [1.165, 1.54) is 31.5 Å². The normalized spacial score (nSPS) is 23.0. The molecule has 0 bridgehead atoms. The van der Waals surface area contributed by atoms with Crippen LogP contribution in [-0.2, 0) is 6.42 Å². The minimum atomic E-state index is 0.936. The predicted molar refractivity (Wildman–Crippen MR) is 73.9 cm³/mol. The summed E-state index contributed by atoms with van der Waals surface area (Å²) in [5.41, 5.74) is 8.16. The molecule has 2 unspecified atom stereocenters. The predicted octanol–water partition coefficient (Wildman–Crippen LogP) is 2.79. The van der Waals surface area contributed by atoms with Crippen LogP contribution in [0.3, 0.4) is 0 Å². The van der Waals surface area contributed by atoms with Crippen molar-refractivity contribution in [3.8, 4) is 0 Å². The molecule has 0 heterocycles. The van der Waals surface area contributed by atoms with Crippen molar-refractivity contribution in [1.29, 1.82) is 0 Å². The zero-order valence-corrected chi connectivity index (χ0v) is 11.0. The van der Waals surface area contributed by atoms with Crippen LogP contribution in [0.1, 0.15) is 25.3 Å². The lowest BCUT2D eigenvalue weighted by Crippen LogP contribution is -2.23. The molecule has 0 aromatic heterocycles. The Morgan fingerprint density at radius 1 is 1.35 bits per heavy atom. The number of benzene rings is 1. The molecule has 0 saturated heterocycles. The minimum absolute atomic E-state index is 0.936. The molecule has 0 spiro atoms. The molecule has 94 valence electrons. The van der Waals surface area contributed by atoms with E-state index in [0.717, 1.165) is 23.9 Å². The number of rotatable bonds is 6. The molecular weight excluding hydrogens is 208 g/mol. The van der Waals surface area contributed by atoms with Crippen LogP contribution in [0.5, 0.6) is 0 Å². The third-order valence-electron chi connectivity index (χ3n) is 3.86. The van der Waals surface area contributed by atoms with Crippen LogP contribution in [0.15, 0.2) is 24.3 Å². The van der Waals surface area contributed by atoms with Crippen molar-refractivity contribution in [1.82, 2.24) is 4.90 Å². The number of hydrogen-bond donors (Lipinski definition) is 1. The molecule has 1 aliphatic carbocycles. The van der Waals surface area contributed by atoms with Gasteiger partial charge >= 0.3 is 0 Å². The molecule has 0 amide bonds. The molecule has 1 aromatic rings. The fraction of sp³-hybridized carbons (Fsp3) is 0.600. The highest BCUT2D eigenvalue weighted by molar-refractivity contribution is 5.46. The number of nitrogens with zero attached hydrogens (tertiary/aromatic N) is 1. The summed E-state index contributed by atoms with van der Waals surface area (Å²) in [6.45, 7) is 4.80. The SMILES string of the molecule is CC1CC1CN(C)CCCc1ccccc1N. The summed E-state index contributed by atoms with van der Waals surface area (Å²) < 4.78 is 0. The molecule has 1 saturated carbocycles. The second-order valence-electron chi connectivity index (χ2n) is 5.54. The molecule has 2 N–H and O–H groups in total. The summed E-state index contributed by atoms with van der Waals surface area (Å²) in [7, 11) is 2.24. The molecule has 2 nitrogen and oxygen atoms in total. The van der Waals surface area contributed by atoms with E-state index in [9.17, 15) is 0 Å². The van der Waals surface area contributed by atoms with Crippen LogP contribution < -0.4 is 5.73 Å². The van der Waals surface area contributed by atoms with E-state index in [4.69, 9.17) is 5.73 Å². The van der Waals surface area contributed by atoms with Gasteiger partial charge in [0, 0.05) is 12.2 Å². The van der Waals surface area contributed by atoms with Crippen molar-refractivity contribution in [2.45, 2.75) is 26.2 Å². The van der Waals surface area contributed by atoms with Gasteiger partial charge in [0.15, 0.2) is 0 Å². The molecule has 2 rings (SSSR count). The number of para-hydroxylation sites is 1. The quantitative estimate of drug-likeness (QED) is 0.764. The van der Waals surface area contributed by atoms with Crippen LogP contribution in [-0.4, -0.2) is 25.0 Å². The maximum absolute atomic E-state index is 5.93. The summed E-state index contributed by atoms with van der Waals surface area (Å²) in [6, 6.07) is 8.20. The summed E-state index contributed by atoms with van der Waals surface area (Å²) in [4.78, 5) is 2.47. The van der Waals surface area contributed by atoms with Gasteiger partial charge in [-0.25, -0.2) is 0 Å². The standard InChI is InChI=1S/C15H24N2/c1-12-10-14(12)11-17(2)9-5-7-13-6-3-4-8-15(13)16/h3-4,6,8,12,14H,5,7,9-11,16H2,1-2H3. The molecule has 2 heteroatoms. The van der Waals surface area contributed by atoms with Crippen molar-refractivity contribution in [2.75, 3.05) is 25.9 Å². The van der Waals surface area contributed by atoms with Gasteiger partial charge in [-0.15, -0.1) is 0 Å². The third kappa shape index (κ3) is 3.74. The zero-order chi connectivity index (χ0) is 12.3. The number of nitrogens with two attached hydrogens (primary N) is 1. The van der Waals surface area contributed by atoms with E-state index in [1.807, 2.05) is 12.1 Å². The topological polar surface area (TPSA) is 29.3 Å². The Hall–Kier alpha value is -1.02. The lowest BCUT2D eigenvalue weighted by molar-refractivity contribution is 0.311. The number of hydrogen-bond acceptors (Lipinski definition) is 2.